The Bertz CT molecular complexity index is 592. The maximum Gasteiger partial charge on any atom is 0.417 e. The molecule has 0 unspecified atom stereocenters. The van der Waals surface area contributed by atoms with Gasteiger partial charge in [0.15, 0.2) is 0 Å². The molecule has 0 heterocycles. The van der Waals surface area contributed by atoms with Gasteiger partial charge in [0.2, 0.25) is 5.78 Å². The SMILES string of the molecule is CCOC(=O)/C(=C\N(C)C)C(=O)c1ccccc1C(F)(F)F. The third kappa shape index (κ3) is 4.34. The minimum absolute atomic E-state index is 0.0117. The summed E-state index contributed by atoms with van der Waals surface area (Å²) >= 11 is 0. The molecule has 1 rings (SSSR count). The minimum atomic E-state index is -4.69. The van der Waals surface area contributed by atoms with Gasteiger partial charge >= 0.3 is 12.1 Å². The van der Waals surface area contributed by atoms with Crippen LogP contribution in [0.4, 0.5) is 13.2 Å². The second-order valence-electron chi connectivity index (χ2n) is 4.60. The number of nitrogens with zero attached hydrogens (tertiary/aromatic N) is 1. The number of carbonyl (C=O) groups excluding carboxylic acids is 2. The van der Waals surface area contributed by atoms with Gasteiger partial charge in [-0.25, -0.2) is 4.79 Å². The van der Waals surface area contributed by atoms with E-state index in [-0.39, 0.29) is 6.61 Å². The molecule has 0 aliphatic heterocycles. The molecule has 1 aromatic carbocycles. The Balaban J connectivity index is 3.35. The first-order valence-electron chi connectivity index (χ1n) is 6.44. The summed E-state index contributed by atoms with van der Waals surface area (Å²) in [4.78, 5) is 25.6. The summed E-state index contributed by atoms with van der Waals surface area (Å²) in [6, 6.07) is 4.32. The largest absolute Gasteiger partial charge is 0.462 e. The number of alkyl halides is 3. The van der Waals surface area contributed by atoms with Crippen molar-refractivity contribution in [2.45, 2.75) is 13.1 Å². The highest BCUT2D eigenvalue weighted by atomic mass is 19.4. The van der Waals surface area contributed by atoms with E-state index in [1.54, 1.807) is 21.0 Å². The van der Waals surface area contributed by atoms with Crippen molar-refractivity contribution in [2.75, 3.05) is 20.7 Å². The first-order valence-corrected chi connectivity index (χ1v) is 6.44. The molecule has 0 aliphatic rings. The van der Waals surface area contributed by atoms with Crippen LogP contribution in [-0.2, 0) is 15.7 Å². The number of ketones is 1. The van der Waals surface area contributed by atoms with E-state index in [0.717, 1.165) is 18.3 Å². The van der Waals surface area contributed by atoms with Crippen LogP contribution < -0.4 is 0 Å². The summed E-state index contributed by atoms with van der Waals surface area (Å²) < 4.78 is 43.7. The number of hydrogen-bond acceptors (Lipinski definition) is 4. The zero-order valence-corrected chi connectivity index (χ0v) is 12.4. The van der Waals surface area contributed by atoms with Gasteiger partial charge in [0.1, 0.15) is 5.57 Å². The van der Waals surface area contributed by atoms with Gasteiger partial charge in [-0.2, -0.15) is 13.2 Å². The summed E-state index contributed by atoms with van der Waals surface area (Å²) in [5.41, 5.74) is -2.13. The van der Waals surface area contributed by atoms with Crippen LogP contribution in [0.2, 0.25) is 0 Å². The Hall–Kier alpha value is -2.31. The molecular formula is C15H16F3NO3. The second kappa shape index (κ2) is 7.11. The van der Waals surface area contributed by atoms with E-state index in [4.69, 9.17) is 4.74 Å². The average Bonchev–Trinajstić information content (AvgIpc) is 2.43. The molecule has 1 aromatic rings. The fraction of sp³-hybridized carbons (Fsp3) is 0.333. The van der Waals surface area contributed by atoms with E-state index in [0.29, 0.717) is 0 Å². The lowest BCUT2D eigenvalue weighted by molar-refractivity contribution is -0.139. The van der Waals surface area contributed by atoms with Crippen molar-refractivity contribution >= 4 is 11.8 Å². The van der Waals surface area contributed by atoms with E-state index in [1.165, 1.54) is 17.0 Å². The van der Waals surface area contributed by atoms with E-state index >= 15 is 0 Å². The number of Topliss-reactive ketones (excluding diaryl/α,β-unsaturated/α-hetero) is 1. The predicted molar refractivity (Wildman–Crippen MR) is 74.2 cm³/mol. The molecule has 0 spiro atoms. The molecule has 7 heteroatoms. The third-order valence-corrected chi connectivity index (χ3v) is 2.60. The monoisotopic (exact) mass is 315 g/mol. The van der Waals surface area contributed by atoms with Gasteiger partial charge < -0.3 is 9.64 Å². The molecule has 120 valence electrons. The Morgan fingerprint density at radius 2 is 1.82 bits per heavy atom. The third-order valence-electron chi connectivity index (χ3n) is 2.60. The highest BCUT2D eigenvalue weighted by Gasteiger charge is 2.36. The van der Waals surface area contributed by atoms with Crippen molar-refractivity contribution < 1.29 is 27.5 Å². The quantitative estimate of drug-likeness (QED) is 0.276. The van der Waals surface area contributed by atoms with Crippen LogP contribution in [0.1, 0.15) is 22.8 Å². The molecule has 0 atom stereocenters. The molecule has 22 heavy (non-hydrogen) atoms. The van der Waals surface area contributed by atoms with E-state index < -0.39 is 34.6 Å². The standard InChI is InChI=1S/C15H16F3NO3/c1-4-22-14(21)11(9-19(2)3)13(20)10-7-5-6-8-12(10)15(16,17)18/h5-9H,4H2,1-3H3/b11-9-. The maximum absolute atomic E-state index is 13.0. The molecule has 0 saturated heterocycles. The molecule has 0 fully saturated rings. The molecule has 0 N–H and O–H groups in total. The van der Waals surface area contributed by atoms with Crippen molar-refractivity contribution in [1.82, 2.24) is 4.90 Å². The Morgan fingerprint density at radius 1 is 1.23 bits per heavy atom. The zero-order chi connectivity index (χ0) is 16.9. The topological polar surface area (TPSA) is 46.6 Å². The van der Waals surface area contributed by atoms with Gasteiger partial charge in [0.05, 0.1) is 12.2 Å². The van der Waals surface area contributed by atoms with Crippen LogP contribution in [0.25, 0.3) is 0 Å². The molecular weight excluding hydrogens is 299 g/mol. The van der Waals surface area contributed by atoms with Crippen LogP contribution in [0.15, 0.2) is 36.0 Å². The second-order valence-corrected chi connectivity index (χ2v) is 4.60. The lowest BCUT2D eigenvalue weighted by atomic mass is 9.98. The first-order chi connectivity index (χ1) is 10.2. The molecule has 0 saturated carbocycles. The predicted octanol–water partition coefficient (Wildman–Crippen LogP) is 2.90. The summed E-state index contributed by atoms with van der Waals surface area (Å²) in [5, 5.41) is 0. The number of halogens is 3. The highest BCUT2D eigenvalue weighted by molar-refractivity contribution is 6.24. The summed E-state index contributed by atoms with van der Waals surface area (Å²) in [6.07, 6.45) is -3.54. The summed E-state index contributed by atoms with van der Waals surface area (Å²) in [5.74, 6) is -1.99. The van der Waals surface area contributed by atoms with Crippen molar-refractivity contribution in [3.05, 3.63) is 47.2 Å². The average molecular weight is 315 g/mol. The Kier molecular flexibility index (Phi) is 5.73. The van der Waals surface area contributed by atoms with Gasteiger partial charge in [0, 0.05) is 25.9 Å². The fourth-order valence-corrected chi connectivity index (χ4v) is 1.74. The number of ether oxygens (including phenoxy) is 1. The summed E-state index contributed by atoms with van der Waals surface area (Å²) in [6.45, 7) is 1.55. The van der Waals surface area contributed by atoms with E-state index in [9.17, 15) is 22.8 Å². The van der Waals surface area contributed by atoms with Gasteiger partial charge in [-0.1, -0.05) is 18.2 Å². The van der Waals surface area contributed by atoms with Crippen LogP contribution in [0, 0.1) is 0 Å². The van der Waals surface area contributed by atoms with Crippen molar-refractivity contribution in [1.29, 1.82) is 0 Å². The Labute approximate surface area is 126 Å². The van der Waals surface area contributed by atoms with Gasteiger partial charge in [-0.3, -0.25) is 4.79 Å². The maximum atomic E-state index is 13.0. The summed E-state index contributed by atoms with van der Waals surface area (Å²) in [7, 11) is 3.09. The Morgan fingerprint density at radius 3 is 2.32 bits per heavy atom. The van der Waals surface area contributed by atoms with Crippen molar-refractivity contribution in [2.24, 2.45) is 0 Å². The molecule has 0 radical (unpaired) electrons. The van der Waals surface area contributed by atoms with Crippen molar-refractivity contribution in [3.63, 3.8) is 0 Å². The molecule has 0 aromatic heterocycles. The zero-order valence-electron chi connectivity index (χ0n) is 12.4. The first kappa shape index (κ1) is 17.7. The van der Waals surface area contributed by atoms with Gasteiger partial charge in [-0.15, -0.1) is 0 Å². The molecule has 0 aliphatic carbocycles. The smallest absolute Gasteiger partial charge is 0.417 e. The minimum Gasteiger partial charge on any atom is -0.462 e. The van der Waals surface area contributed by atoms with E-state index in [1.807, 2.05) is 0 Å². The number of benzene rings is 1. The van der Waals surface area contributed by atoms with Gasteiger partial charge in [0.25, 0.3) is 0 Å². The van der Waals surface area contributed by atoms with Crippen LogP contribution in [0.3, 0.4) is 0 Å². The molecule has 4 nitrogen and oxygen atoms in total. The lowest BCUT2D eigenvalue weighted by Crippen LogP contribution is -2.22. The fourth-order valence-electron chi connectivity index (χ4n) is 1.74. The van der Waals surface area contributed by atoms with Crippen molar-refractivity contribution in [3.8, 4) is 0 Å². The normalized spacial score (nSPS) is 12.0. The van der Waals surface area contributed by atoms with Gasteiger partial charge in [-0.05, 0) is 13.0 Å². The molecule has 0 amide bonds. The number of rotatable bonds is 5. The van der Waals surface area contributed by atoms with Crippen LogP contribution in [0.5, 0.6) is 0 Å². The highest BCUT2D eigenvalue weighted by Crippen LogP contribution is 2.32. The lowest BCUT2D eigenvalue weighted by Gasteiger charge is -2.14. The number of hydrogen-bond donors (Lipinski definition) is 0. The molecule has 0 bridgehead atoms. The number of carbonyl (C=O) groups is 2. The van der Waals surface area contributed by atoms with Crippen LogP contribution >= 0.6 is 0 Å². The van der Waals surface area contributed by atoms with Crippen LogP contribution in [-0.4, -0.2) is 37.4 Å². The number of esters is 1. The van der Waals surface area contributed by atoms with E-state index in [2.05, 4.69) is 0 Å².